The molecule has 3 amide bonds. The van der Waals surface area contributed by atoms with E-state index in [1.165, 1.54) is 6.92 Å². The van der Waals surface area contributed by atoms with Crippen LogP contribution in [-0.2, 0) is 20.9 Å². The molecule has 0 bridgehead atoms. The highest BCUT2D eigenvalue weighted by molar-refractivity contribution is 6.01. The molecule has 1 unspecified atom stereocenters. The van der Waals surface area contributed by atoms with Gasteiger partial charge in [-0.3, -0.25) is 9.59 Å². The first kappa shape index (κ1) is 20.1. The van der Waals surface area contributed by atoms with Crippen LogP contribution in [0, 0.1) is 11.3 Å². The molecule has 25 heavy (non-hydrogen) atoms. The first-order chi connectivity index (χ1) is 11.7. The van der Waals surface area contributed by atoms with Crippen LogP contribution >= 0.6 is 0 Å². The molecule has 2 atom stereocenters. The Morgan fingerprint density at radius 1 is 1.28 bits per heavy atom. The van der Waals surface area contributed by atoms with Crippen LogP contribution in [0.5, 0.6) is 0 Å². The molecule has 0 radical (unpaired) electrons. The van der Waals surface area contributed by atoms with Gasteiger partial charge in [-0.05, 0) is 18.4 Å². The van der Waals surface area contributed by atoms with Crippen LogP contribution in [0.25, 0.3) is 0 Å². The summed E-state index contributed by atoms with van der Waals surface area (Å²) in [6.45, 7) is 5.05. The van der Waals surface area contributed by atoms with E-state index in [9.17, 15) is 14.4 Å². The largest absolute Gasteiger partial charge is 0.445 e. The Hall–Kier alpha value is -2.90. The van der Waals surface area contributed by atoms with Crippen molar-refractivity contribution < 1.29 is 19.1 Å². The van der Waals surface area contributed by atoms with E-state index >= 15 is 0 Å². The van der Waals surface area contributed by atoms with Gasteiger partial charge in [-0.15, -0.1) is 0 Å². The van der Waals surface area contributed by atoms with Gasteiger partial charge in [-0.2, -0.15) is 0 Å². The number of carbonyl (C=O) groups is 3. The topological polar surface area (TPSA) is 134 Å². The lowest BCUT2D eigenvalue weighted by atomic mass is 9.87. The average molecular weight is 348 g/mol. The maximum atomic E-state index is 12.5. The second-order valence-corrected chi connectivity index (χ2v) is 6.06. The molecular formula is C17H24N4O4. The molecule has 5 N–H and O–H groups in total. The lowest BCUT2D eigenvalue weighted by Gasteiger charge is -2.33. The van der Waals surface area contributed by atoms with E-state index in [-0.39, 0.29) is 12.5 Å². The molecule has 0 aliphatic carbocycles. The summed E-state index contributed by atoms with van der Waals surface area (Å²) in [7, 11) is 0. The minimum Gasteiger partial charge on any atom is -0.445 e. The number of primary amides is 1. The van der Waals surface area contributed by atoms with Gasteiger partial charge in [-0.25, -0.2) is 4.79 Å². The van der Waals surface area contributed by atoms with E-state index in [2.05, 4.69) is 10.6 Å². The predicted octanol–water partition coefficient (Wildman–Crippen LogP) is 0.947. The highest BCUT2D eigenvalue weighted by atomic mass is 16.5. The van der Waals surface area contributed by atoms with Crippen molar-refractivity contribution >= 4 is 24.1 Å². The van der Waals surface area contributed by atoms with Crippen LogP contribution in [0.1, 0.15) is 26.3 Å². The maximum Gasteiger partial charge on any atom is 0.408 e. The number of benzene rings is 1. The van der Waals surface area contributed by atoms with Crippen molar-refractivity contribution in [3.05, 3.63) is 35.9 Å². The van der Waals surface area contributed by atoms with Crippen molar-refractivity contribution in [2.24, 2.45) is 11.7 Å². The van der Waals surface area contributed by atoms with Crippen molar-refractivity contribution in [3.8, 4) is 0 Å². The minimum absolute atomic E-state index is 0.0624. The van der Waals surface area contributed by atoms with E-state index < -0.39 is 29.5 Å². The van der Waals surface area contributed by atoms with Gasteiger partial charge in [0.05, 0.1) is 0 Å². The molecule has 0 fully saturated rings. The number of carbonyl (C=O) groups excluding carboxylic acids is 3. The van der Waals surface area contributed by atoms with Gasteiger partial charge in [0.15, 0.2) is 0 Å². The normalized spacial score (nSPS) is 14.1. The number of hydrogen-bond acceptors (Lipinski definition) is 5. The fourth-order valence-electron chi connectivity index (χ4n) is 1.92. The summed E-state index contributed by atoms with van der Waals surface area (Å²) >= 11 is 0. The lowest BCUT2D eigenvalue weighted by molar-refractivity contribution is -0.131. The molecule has 0 heterocycles. The zero-order valence-corrected chi connectivity index (χ0v) is 14.5. The Morgan fingerprint density at radius 3 is 2.36 bits per heavy atom. The molecule has 0 aromatic heterocycles. The summed E-state index contributed by atoms with van der Waals surface area (Å²) in [6.07, 6.45) is -0.0324. The molecule has 0 saturated heterocycles. The molecular weight excluding hydrogens is 324 g/mol. The first-order valence-electron chi connectivity index (χ1n) is 7.80. The first-order valence-corrected chi connectivity index (χ1v) is 7.80. The second-order valence-electron chi connectivity index (χ2n) is 6.06. The summed E-state index contributed by atoms with van der Waals surface area (Å²) in [5.74, 6) is -1.80. The van der Waals surface area contributed by atoms with Crippen molar-refractivity contribution in [3.63, 3.8) is 0 Å². The second kappa shape index (κ2) is 8.81. The minimum atomic E-state index is -1.34. The third kappa shape index (κ3) is 5.59. The molecule has 0 aliphatic heterocycles. The number of alkyl carbamates (subject to hydrolysis) is 1. The number of amides is 3. The lowest BCUT2D eigenvalue weighted by Crippen LogP contribution is -2.62. The number of ether oxygens (including phenoxy) is 1. The molecule has 1 aromatic rings. The Labute approximate surface area is 146 Å². The quantitative estimate of drug-likeness (QED) is 0.520. The SMILES string of the molecule is CC(C)[C@](C)(NC(=O)OCc1ccccc1)C(=O)NC(C=N)C(N)=O. The molecule has 8 heteroatoms. The number of hydrogen-bond donors (Lipinski definition) is 4. The Bertz CT molecular complexity index is 633. The Kier molecular flexibility index (Phi) is 7.10. The van der Waals surface area contributed by atoms with Gasteiger partial charge in [0.25, 0.3) is 0 Å². The predicted molar refractivity (Wildman–Crippen MR) is 92.9 cm³/mol. The van der Waals surface area contributed by atoms with Gasteiger partial charge in [0.2, 0.25) is 11.8 Å². The highest BCUT2D eigenvalue weighted by Gasteiger charge is 2.40. The van der Waals surface area contributed by atoms with Crippen molar-refractivity contribution in [2.75, 3.05) is 0 Å². The van der Waals surface area contributed by atoms with Crippen LogP contribution in [-0.4, -0.2) is 35.7 Å². The summed E-state index contributed by atoms with van der Waals surface area (Å²) in [6, 6.07) is 7.87. The van der Waals surface area contributed by atoms with E-state index in [1.54, 1.807) is 13.8 Å². The van der Waals surface area contributed by atoms with Crippen LogP contribution < -0.4 is 16.4 Å². The monoisotopic (exact) mass is 348 g/mol. The Balaban J connectivity index is 2.76. The van der Waals surface area contributed by atoms with Crippen LogP contribution in [0.2, 0.25) is 0 Å². The fraction of sp³-hybridized carbons (Fsp3) is 0.412. The maximum absolute atomic E-state index is 12.5. The van der Waals surface area contributed by atoms with Crippen molar-refractivity contribution in [2.45, 2.75) is 39.0 Å². The highest BCUT2D eigenvalue weighted by Crippen LogP contribution is 2.17. The Morgan fingerprint density at radius 2 is 1.88 bits per heavy atom. The van der Waals surface area contributed by atoms with E-state index in [0.29, 0.717) is 0 Å². The average Bonchev–Trinajstić information content (AvgIpc) is 2.57. The van der Waals surface area contributed by atoms with Crippen molar-refractivity contribution in [1.82, 2.24) is 10.6 Å². The third-order valence-corrected chi connectivity index (χ3v) is 3.96. The smallest absolute Gasteiger partial charge is 0.408 e. The van der Waals surface area contributed by atoms with Gasteiger partial charge < -0.3 is 26.5 Å². The number of rotatable bonds is 8. The standard InChI is InChI=1S/C17H24N4O4/c1-11(2)17(3,15(23)20-13(9-18)14(19)22)21-16(24)25-10-12-7-5-4-6-8-12/h4-9,11,13,18H,10H2,1-3H3,(H2,19,22)(H,20,23)(H,21,24)/t13?,17-/m0/s1. The van der Waals surface area contributed by atoms with E-state index in [0.717, 1.165) is 11.8 Å². The third-order valence-electron chi connectivity index (χ3n) is 3.96. The van der Waals surface area contributed by atoms with Crippen LogP contribution in [0.4, 0.5) is 4.79 Å². The zero-order chi connectivity index (χ0) is 19.0. The summed E-state index contributed by atoms with van der Waals surface area (Å²) < 4.78 is 5.14. The van der Waals surface area contributed by atoms with Crippen LogP contribution in [0.3, 0.4) is 0 Å². The number of nitrogens with one attached hydrogen (secondary N) is 3. The molecule has 0 saturated carbocycles. The molecule has 136 valence electrons. The number of nitrogens with two attached hydrogens (primary N) is 1. The molecule has 0 aliphatic rings. The summed E-state index contributed by atoms with van der Waals surface area (Å²) in [4.78, 5) is 35.8. The summed E-state index contributed by atoms with van der Waals surface area (Å²) in [5, 5.41) is 12.0. The molecule has 0 spiro atoms. The summed E-state index contributed by atoms with van der Waals surface area (Å²) in [5.41, 5.74) is 4.58. The molecule has 8 nitrogen and oxygen atoms in total. The van der Waals surface area contributed by atoms with Gasteiger partial charge >= 0.3 is 6.09 Å². The van der Waals surface area contributed by atoms with Gasteiger partial charge in [-0.1, -0.05) is 44.2 Å². The van der Waals surface area contributed by atoms with Crippen molar-refractivity contribution in [1.29, 1.82) is 5.41 Å². The molecule has 1 rings (SSSR count). The van der Waals surface area contributed by atoms with E-state index in [1.807, 2.05) is 30.3 Å². The zero-order valence-electron chi connectivity index (χ0n) is 14.5. The van der Waals surface area contributed by atoms with Gasteiger partial charge in [0.1, 0.15) is 18.2 Å². The van der Waals surface area contributed by atoms with Gasteiger partial charge in [0, 0.05) is 6.21 Å². The van der Waals surface area contributed by atoms with E-state index in [4.69, 9.17) is 15.9 Å². The fourth-order valence-corrected chi connectivity index (χ4v) is 1.92. The molecule has 1 aromatic carbocycles. The van der Waals surface area contributed by atoms with Crippen LogP contribution in [0.15, 0.2) is 30.3 Å².